The Morgan fingerprint density at radius 2 is 1.85 bits per heavy atom. The van der Waals surface area contributed by atoms with Crippen molar-refractivity contribution in [3.05, 3.63) is 29.8 Å². The molecule has 0 bridgehead atoms. The molecular weight excluding hydrogens is 358 g/mol. The zero-order valence-corrected chi connectivity index (χ0v) is 17.5. The fraction of sp³-hybridized carbons (Fsp3) is 0.667. The van der Waals surface area contributed by atoms with Crippen LogP contribution in [0.15, 0.2) is 34.2 Å². The maximum atomic E-state index is 11.6. The standard InChI is InChI=1S/C21H33N3O2S/c1-3-22-20(24-16-14-21(17-24)12-5-4-6-13-21)23-15-11-18-7-9-19(10-8-18)27(2,25)26/h7-10H,3-6,11-17H2,1-2H3,(H,22,23). The van der Waals surface area contributed by atoms with Crippen LogP contribution in [0.4, 0.5) is 0 Å². The van der Waals surface area contributed by atoms with Crippen molar-refractivity contribution in [2.45, 2.75) is 56.8 Å². The average molecular weight is 392 g/mol. The summed E-state index contributed by atoms with van der Waals surface area (Å²) < 4.78 is 23.1. The fourth-order valence-corrected chi connectivity index (χ4v) is 5.08. The Hall–Kier alpha value is -1.56. The highest BCUT2D eigenvalue weighted by Gasteiger charge is 2.39. The molecule has 0 amide bonds. The monoisotopic (exact) mass is 391 g/mol. The maximum absolute atomic E-state index is 11.6. The second kappa shape index (κ2) is 8.63. The minimum Gasteiger partial charge on any atom is -0.357 e. The molecule has 1 aliphatic heterocycles. The van der Waals surface area contributed by atoms with Crippen molar-refractivity contribution in [3.63, 3.8) is 0 Å². The molecule has 0 aromatic heterocycles. The van der Waals surface area contributed by atoms with Crippen molar-refractivity contribution in [2.75, 3.05) is 32.4 Å². The SMILES string of the molecule is CCNC(=NCCc1ccc(S(C)(=O)=O)cc1)N1CCC2(CCCCC2)C1. The van der Waals surface area contributed by atoms with Gasteiger partial charge in [0, 0.05) is 32.4 Å². The van der Waals surface area contributed by atoms with E-state index in [-0.39, 0.29) is 0 Å². The molecule has 1 saturated heterocycles. The summed E-state index contributed by atoms with van der Waals surface area (Å²) in [6, 6.07) is 7.16. The number of guanidine groups is 1. The van der Waals surface area contributed by atoms with Gasteiger partial charge in [-0.2, -0.15) is 0 Å². The molecule has 1 heterocycles. The lowest BCUT2D eigenvalue weighted by Crippen LogP contribution is -2.41. The first-order chi connectivity index (χ1) is 12.9. The quantitative estimate of drug-likeness (QED) is 0.618. The van der Waals surface area contributed by atoms with Crippen LogP contribution in [0.2, 0.25) is 0 Å². The molecule has 1 aliphatic carbocycles. The first kappa shape index (κ1) is 20.2. The van der Waals surface area contributed by atoms with Crippen LogP contribution in [-0.4, -0.2) is 51.7 Å². The Balaban J connectivity index is 1.59. The van der Waals surface area contributed by atoms with Gasteiger partial charge in [-0.3, -0.25) is 4.99 Å². The molecular formula is C21H33N3O2S. The van der Waals surface area contributed by atoms with E-state index in [1.165, 1.54) is 44.8 Å². The Kier molecular flexibility index (Phi) is 6.45. The molecule has 1 aromatic rings. The second-order valence-corrected chi connectivity index (χ2v) is 10.1. The van der Waals surface area contributed by atoms with E-state index in [2.05, 4.69) is 17.1 Å². The summed E-state index contributed by atoms with van der Waals surface area (Å²) in [6.07, 6.45) is 10.3. The zero-order chi connectivity index (χ0) is 19.3. The van der Waals surface area contributed by atoms with Gasteiger partial charge in [-0.1, -0.05) is 31.4 Å². The van der Waals surface area contributed by atoms with Crippen molar-refractivity contribution >= 4 is 15.8 Å². The molecule has 27 heavy (non-hydrogen) atoms. The van der Waals surface area contributed by atoms with Crippen LogP contribution < -0.4 is 5.32 Å². The van der Waals surface area contributed by atoms with Crippen LogP contribution in [0.3, 0.4) is 0 Å². The van der Waals surface area contributed by atoms with Gasteiger partial charge in [0.05, 0.1) is 4.90 Å². The van der Waals surface area contributed by atoms with Crippen LogP contribution in [0.5, 0.6) is 0 Å². The fourth-order valence-electron chi connectivity index (χ4n) is 4.45. The second-order valence-electron chi connectivity index (χ2n) is 8.13. The van der Waals surface area contributed by atoms with Gasteiger partial charge in [-0.25, -0.2) is 8.42 Å². The highest BCUT2D eigenvalue weighted by molar-refractivity contribution is 7.90. The predicted octanol–water partition coefficient (Wildman–Crippen LogP) is 3.25. The number of hydrogen-bond donors (Lipinski definition) is 1. The summed E-state index contributed by atoms with van der Waals surface area (Å²) in [5, 5.41) is 3.46. The van der Waals surface area contributed by atoms with Crippen LogP contribution >= 0.6 is 0 Å². The van der Waals surface area contributed by atoms with Crippen LogP contribution in [0.25, 0.3) is 0 Å². The number of hydrogen-bond acceptors (Lipinski definition) is 3. The van der Waals surface area contributed by atoms with Gasteiger partial charge in [0.25, 0.3) is 0 Å². The Morgan fingerprint density at radius 1 is 1.15 bits per heavy atom. The molecule has 0 unspecified atom stereocenters. The molecule has 150 valence electrons. The summed E-state index contributed by atoms with van der Waals surface area (Å²) >= 11 is 0. The lowest BCUT2D eigenvalue weighted by Gasteiger charge is -2.33. The molecule has 5 nitrogen and oxygen atoms in total. The average Bonchev–Trinajstić information content (AvgIpc) is 3.04. The van der Waals surface area contributed by atoms with Gasteiger partial charge in [0.2, 0.25) is 0 Å². The summed E-state index contributed by atoms with van der Waals surface area (Å²) in [6.45, 7) is 5.96. The number of aliphatic imine (C=N–C) groups is 1. The van der Waals surface area contributed by atoms with E-state index in [1.807, 2.05) is 12.1 Å². The lowest BCUT2D eigenvalue weighted by atomic mass is 9.73. The molecule has 1 aromatic carbocycles. The van der Waals surface area contributed by atoms with Crippen LogP contribution in [0, 0.1) is 5.41 Å². The topological polar surface area (TPSA) is 61.8 Å². The third-order valence-corrected chi connectivity index (χ3v) is 7.13. The minimum atomic E-state index is -3.13. The summed E-state index contributed by atoms with van der Waals surface area (Å²) in [5.41, 5.74) is 1.64. The van der Waals surface area contributed by atoms with Gasteiger partial charge in [0.1, 0.15) is 0 Å². The van der Waals surface area contributed by atoms with Crippen molar-refractivity contribution in [1.29, 1.82) is 0 Å². The van der Waals surface area contributed by atoms with Gasteiger partial charge in [0.15, 0.2) is 15.8 Å². The van der Waals surface area contributed by atoms with E-state index in [0.717, 1.165) is 37.6 Å². The van der Waals surface area contributed by atoms with E-state index < -0.39 is 9.84 Å². The lowest BCUT2D eigenvalue weighted by molar-refractivity contribution is 0.203. The first-order valence-electron chi connectivity index (χ1n) is 10.2. The number of likely N-dealkylation sites (tertiary alicyclic amines) is 1. The zero-order valence-electron chi connectivity index (χ0n) is 16.7. The van der Waals surface area contributed by atoms with Gasteiger partial charge < -0.3 is 10.2 Å². The molecule has 3 rings (SSSR count). The molecule has 2 fully saturated rings. The third-order valence-electron chi connectivity index (χ3n) is 6.00. The molecule has 1 saturated carbocycles. The number of rotatable bonds is 5. The predicted molar refractivity (Wildman–Crippen MR) is 111 cm³/mol. The van der Waals surface area contributed by atoms with Gasteiger partial charge >= 0.3 is 0 Å². The van der Waals surface area contributed by atoms with Gasteiger partial charge in [-0.15, -0.1) is 0 Å². The van der Waals surface area contributed by atoms with E-state index in [4.69, 9.17) is 4.99 Å². The Morgan fingerprint density at radius 3 is 2.48 bits per heavy atom. The normalized spacial score (nSPS) is 20.2. The first-order valence-corrected chi connectivity index (χ1v) is 12.1. The number of nitrogens with one attached hydrogen (secondary N) is 1. The van der Waals surface area contributed by atoms with Crippen molar-refractivity contribution in [1.82, 2.24) is 10.2 Å². The number of nitrogens with zero attached hydrogens (tertiary/aromatic N) is 2. The minimum absolute atomic E-state index is 0.373. The highest BCUT2D eigenvalue weighted by atomic mass is 32.2. The largest absolute Gasteiger partial charge is 0.357 e. The third kappa shape index (κ3) is 5.24. The maximum Gasteiger partial charge on any atom is 0.193 e. The summed E-state index contributed by atoms with van der Waals surface area (Å²) in [7, 11) is -3.13. The van der Waals surface area contributed by atoms with Crippen molar-refractivity contribution in [2.24, 2.45) is 10.4 Å². The molecule has 1 N–H and O–H groups in total. The van der Waals surface area contributed by atoms with E-state index >= 15 is 0 Å². The van der Waals surface area contributed by atoms with Gasteiger partial charge in [-0.05, 0) is 55.7 Å². The van der Waals surface area contributed by atoms with E-state index in [1.54, 1.807) is 12.1 Å². The Labute approximate surface area is 164 Å². The van der Waals surface area contributed by atoms with Crippen molar-refractivity contribution in [3.8, 4) is 0 Å². The molecule has 2 aliphatic rings. The number of sulfone groups is 1. The summed E-state index contributed by atoms with van der Waals surface area (Å²) in [4.78, 5) is 7.67. The molecule has 1 spiro atoms. The number of benzene rings is 1. The molecule has 0 atom stereocenters. The van der Waals surface area contributed by atoms with Crippen LogP contribution in [0.1, 0.15) is 51.0 Å². The van der Waals surface area contributed by atoms with Crippen LogP contribution in [-0.2, 0) is 16.3 Å². The van der Waals surface area contributed by atoms with E-state index in [9.17, 15) is 8.42 Å². The summed E-state index contributed by atoms with van der Waals surface area (Å²) in [5.74, 6) is 1.03. The Bertz CT molecular complexity index is 750. The van der Waals surface area contributed by atoms with Crippen molar-refractivity contribution < 1.29 is 8.42 Å². The smallest absolute Gasteiger partial charge is 0.193 e. The molecule has 0 radical (unpaired) electrons. The highest BCUT2D eigenvalue weighted by Crippen LogP contribution is 2.43. The van der Waals surface area contributed by atoms with E-state index in [0.29, 0.717) is 16.9 Å². The molecule has 6 heteroatoms.